The molecule has 0 saturated heterocycles. The number of amides is 2. The number of aromatic nitrogens is 3. The lowest BCUT2D eigenvalue weighted by atomic mass is 10.0. The third kappa shape index (κ3) is 5.33. The van der Waals surface area contributed by atoms with E-state index in [1.165, 1.54) is 0 Å². The molecule has 4 aromatic rings. The lowest BCUT2D eigenvalue weighted by molar-refractivity contribution is -0.141. The number of rotatable bonds is 10. The van der Waals surface area contributed by atoms with Gasteiger partial charge < -0.3 is 14.6 Å². The molecule has 8 nitrogen and oxygen atoms in total. The highest BCUT2D eigenvalue weighted by Crippen LogP contribution is 2.24. The summed E-state index contributed by atoms with van der Waals surface area (Å²) in [6, 6.07) is 18.0. The Morgan fingerprint density at radius 1 is 1.09 bits per heavy atom. The van der Waals surface area contributed by atoms with Crippen molar-refractivity contribution >= 4 is 22.8 Å². The lowest BCUT2D eigenvalue weighted by Crippen LogP contribution is -2.45. The Morgan fingerprint density at radius 3 is 2.62 bits per heavy atom. The van der Waals surface area contributed by atoms with E-state index in [2.05, 4.69) is 22.6 Å². The van der Waals surface area contributed by atoms with E-state index in [4.69, 9.17) is 4.42 Å². The van der Waals surface area contributed by atoms with Crippen LogP contribution in [-0.2, 0) is 22.7 Å². The van der Waals surface area contributed by atoms with Crippen molar-refractivity contribution in [2.45, 2.75) is 45.8 Å². The largest absolute Gasteiger partial charge is 0.467 e. The van der Waals surface area contributed by atoms with Crippen molar-refractivity contribution < 1.29 is 14.0 Å². The topological polar surface area (TPSA) is 93.3 Å². The Labute approximate surface area is 198 Å². The number of benzene rings is 2. The summed E-state index contributed by atoms with van der Waals surface area (Å²) >= 11 is 0. The van der Waals surface area contributed by atoms with Gasteiger partial charge in [0.2, 0.25) is 11.8 Å². The van der Waals surface area contributed by atoms with Crippen LogP contribution >= 0.6 is 0 Å². The van der Waals surface area contributed by atoms with Crippen molar-refractivity contribution in [3.05, 3.63) is 83.8 Å². The summed E-state index contributed by atoms with van der Waals surface area (Å²) in [7, 11) is 0. The van der Waals surface area contributed by atoms with Crippen LogP contribution in [0.2, 0.25) is 0 Å². The van der Waals surface area contributed by atoms with Crippen LogP contribution in [0.25, 0.3) is 11.0 Å². The zero-order chi connectivity index (χ0) is 23.9. The molecule has 2 aromatic heterocycles. The number of hydrogen-bond donors (Lipinski definition) is 1. The van der Waals surface area contributed by atoms with Crippen LogP contribution in [0.15, 0.2) is 71.3 Å². The number of hydrogen-bond acceptors (Lipinski definition) is 5. The molecule has 0 spiro atoms. The third-order valence-electron chi connectivity index (χ3n) is 5.75. The molecule has 0 aliphatic rings. The molecular weight excluding hydrogens is 430 g/mol. The number of carbonyl (C=O) groups excluding carboxylic acids is 2. The molecule has 0 bridgehead atoms. The highest BCUT2D eigenvalue weighted by Gasteiger charge is 2.31. The second kappa shape index (κ2) is 10.8. The summed E-state index contributed by atoms with van der Waals surface area (Å²) in [4.78, 5) is 28.7. The second-order valence-electron chi connectivity index (χ2n) is 8.29. The maximum absolute atomic E-state index is 13.6. The average molecular weight is 460 g/mol. The van der Waals surface area contributed by atoms with Gasteiger partial charge in [-0.25, -0.2) is 4.68 Å². The van der Waals surface area contributed by atoms with E-state index in [-0.39, 0.29) is 24.9 Å². The van der Waals surface area contributed by atoms with Gasteiger partial charge >= 0.3 is 0 Å². The fraction of sp³-hybridized carbons (Fsp3) is 0.308. The number of unbranched alkanes of at least 4 members (excludes halogenated alkanes) is 1. The lowest BCUT2D eigenvalue weighted by Gasteiger charge is -2.31. The van der Waals surface area contributed by atoms with Crippen LogP contribution in [0, 0.1) is 6.92 Å². The van der Waals surface area contributed by atoms with Crippen molar-refractivity contribution in [2.24, 2.45) is 0 Å². The average Bonchev–Trinajstić information content (AvgIpc) is 3.51. The molecule has 1 unspecified atom stereocenters. The van der Waals surface area contributed by atoms with E-state index < -0.39 is 6.04 Å². The monoisotopic (exact) mass is 459 g/mol. The van der Waals surface area contributed by atoms with Crippen LogP contribution < -0.4 is 5.32 Å². The molecule has 34 heavy (non-hydrogen) atoms. The quantitative estimate of drug-likeness (QED) is 0.387. The number of para-hydroxylation sites is 1. The molecule has 0 fully saturated rings. The Hall–Kier alpha value is -3.94. The maximum atomic E-state index is 13.6. The normalized spacial score (nSPS) is 11.9. The summed E-state index contributed by atoms with van der Waals surface area (Å²) in [5, 5.41) is 11.3. The van der Waals surface area contributed by atoms with E-state index >= 15 is 0 Å². The van der Waals surface area contributed by atoms with Gasteiger partial charge in [0.1, 0.15) is 23.9 Å². The first-order valence-corrected chi connectivity index (χ1v) is 11.5. The van der Waals surface area contributed by atoms with Crippen LogP contribution in [0.4, 0.5) is 0 Å². The third-order valence-corrected chi connectivity index (χ3v) is 5.75. The van der Waals surface area contributed by atoms with Crippen molar-refractivity contribution in [3.63, 3.8) is 0 Å². The first-order valence-electron chi connectivity index (χ1n) is 11.5. The highest BCUT2D eigenvalue weighted by atomic mass is 16.3. The van der Waals surface area contributed by atoms with Gasteiger partial charge in [0, 0.05) is 6.54 Å². The van der Waals surface area contributed by atoms with Gasteiger partial charge in [-0.3, -0.25) is 9.59 Å². The Morgan fingerprint density at radius 2 is 1.88 bits per heavy atom. The molecule has 1 atom stereocenters. The van der Waals surface area contributed by atoms with Crippen LogP contribution in [0.1, 0.15) is 42.7 Å². The summed E-state index contributed by atoms with van der Waals surface area (Å²) in [6.07, 6.45) is 3.24. The number of nitrogens with zero attached hydrogens (tertiary/aromatic N) is 4. The van der Waals surface area contributed by atoms with Gasteiger partial charge in [-0.1, -0.05) is 60.5 Å². The molecule has 0 saturated carbocycles. The van der Waals surface area contributed by atoms with Crippen molar-refractivity contribution in [1.82, 2.24) is 25.2 Å². The SMILES string of the molecule is CCCCN(C(=O)Cn1nnc2ccccc21)C(C(=O)NCc1ccco1)c1ccc(C)cc1. The molecular formula is C26H29N5O3. The summed E-state index contributed by atoms with van der Waals surface area (Å²) in [6.45, 7) is 4.75. The molecule has 8 heteroatoms. The summed E-state index contributed by atoms with van der Waals surface area (Å²) in [5.41, 5.74) is 3.34. The van der Waals surface area contributed by atoms with E-state index in [9.17, 15) is 9.59 Å². The van der Waals surface area contributed by atoms with E-state index in [1.807, 2.05) is 55.5 Å². The van der Waals surface area contributed by atoms with Gasteiger partial charge in [-0.15, -0.1) is 5.10 Å². The number of carbonyl (C=O) groups is 2. The van der Waals surface area contributed by atoms with Crippen molar-refractivity contribution in [1.29, 1.82) is 0 Å². The molecule has 0 aliphatic carbocycles. The number of nitrogens with one attached hydrogen (secondary N) is 1. The zero-order valence-electron chi connectivity index (χ0n) is 19.5. The Bertz CT molecular complexity index is 1230. The number of furan rings is 1. The molecule has 2 heterocycles. The van der Waals surface area contributed by atoms with Crippen LogP contribution in [-0.4, -0.2) is 38.3 Å². The van der Waals surface area contributed by atoms with E-state index in [0.29, 0.717) is 12.3 Å². The van der Waals surface area contributed by atoms with Crippen molar-refractivity contribution in [3.8, 4) is 0 Å². The minimum absolute atomic E-state index is 0.00193. The number of fused-ring (bicyclic) bond motifs is 1. The van der Waals surface area contributed by atoms with Gasteiger partial charge in [0.25, 0.3) is 0 Å². The molecule has 4 rings (SSSR count). The molecule has 0 aliphatic heterocycles. The molecule has 0 radical (unpaired) electrons. The Kier molecular flexibility index (Phi) is 7.37. The van der Waals surface area contributed by atoms with Gasteiger partial charge in [-0.2, -0.15) is 0 Å². The van der Waals surface area contributed by atoms with Gasteiger partial charge in [-0.05, 0) is 43.2 Å². The second-order valence-corrected chi connectivity index (χ2v) is 8.29. The Balaban J connectivity index is 1.63. The van der Waals surface area contributed by atoms with Gasteiger partial charge in [0.15, 0.2) is 0 Å². The fourth-order valence-corrected chi connectivity index (χ4v) is 3.88. The number of aryl methyl sites for hydroxylation is 1. The maximum Gasteiger partial charge on any atom is 0.247 e. The van der Waals surface area contributed by atoms with E-state index in [1.54, 1.807) is 28.0 Å². The fourth-order valence-electron chi connectivity index (χ4n) is 3.88. The predicted octanol–water partition coefficient (Wildman–Crippen LogP) is 4.02. The minimum atomic E-state index is -0.774. The van der Waals surface area contributed by atoms with Crippen LogP contribution in [0.3, 0.4) is 0 Å². The predicted molar refractivity (Wildman–Crippen MR) is 129 cm³/mol. The smallest absolute Gasteiger partial charge is 0.247 e. The molecule has 1 N–H and O–H groups in total. The first kappa shape index (κ1) is 23.2. The van der Waals surface area contributed by atoms with E-state index in [0.717, 1.165) is 35.0 Å². The first-order chi connectivity index (χ1) is 16.6. The standard InChI is InChI=1S/C26H29N5O3/c1-3-4-15-30(24(32)18-31-23-10-6-5-9-22(23)28-29-31)25(20-13-11-19(2)12-14-20)26(33)27-17-21-8-7-16-34-21/h5-14,16,25H,3-4,15,17-18H2,1-2H3,(H,27,33). The highest BCUT2D eigenvalue weighted by molar-refractivity contribution is 5.89. The molecule has 2 aromatic carbocycles. The zero-order valence-corrected chi connectivity index (χ0v) is 19.5. The minimum Gasteiger partial charge on any atom is -0.467 e. The van der Waals surface area contributed by atoms with Gasteiger partial charge in [0.05, 0.1) is 18.3 Å². The summed E-state index contributed by atoms with van der Waals surface area (Å²) < 4.78 is 6.94. The van der Waals surface area contributed by atoms with Crippen molar-refractivity contribution in [2.75, 3.05) is 6.54 Å². The summed E-state index contributed by atoms with van der Waals surface area (Å²) in [5.74, 6) is 0.201. The van der Waals surface area contributed by atoms with Crippen LogP contribution in [0.5, 0.6) is 0 Å². The molecule has 176 valence electrons. The molecule has 2 amide bonds.